The molecule has 1 aromatic rings. The van der Waals surface area contributed by atoms with E-state index in [4.69, 9.17) is 4.74 Å². The van der Waals surface area contributed by atoms with E-state index in [1.807, 2.05) is 13.0 Å². The maximum atomic E-state index is 12.7. The molecule has 1 aliphatic heterocycles. The molecule has 108 valence electrons. The minimum absolute atomic E-state index is 0.115. The van der Waals surface area contributed by atoms with Crippen LogP contribution in [0.3, 0.4) is 0 Å². The Morgan fingerprint density at radius 2 is 1.95 bits per heavy atom. The lowest BCUT2D eigenvalue weighted by Gasteiger charge is -2.30. The second-order valence-corrected chi connectivity index (χ2v) is 5.56. The summed E-state index contributed by atoms with van der Waals surface area (Å²) in [6.07, 6.45) is -0.115. The molecular weight excluding hydrogens is 256 g/mol. The van der Waals surface area contributed by atoms with Gasteiger partial charge in [-0.1, -0.05) is 12.1 Å². The summed E-state index contributed by atoms with van der Waals surface area (Å²) in [5.74, 6) is -0.369. The van der Waals surface area contributed by atoms with Crippen molar-refractivity contribution in [3.63, 3.8) is 0 Å². The van der Waals surface area contributed by atoms with Crippen LogP contribution >= 0.6 is 0 Å². The third-order valence-corrected chi connectivity index (χ3v) is 3.49. The minimum atomic E-state index is -0.941. The normalized spacial score (nSPS) is 19.1. The second kappa shape index (κ2) is 5.25. The van der Waals surface area contributed by atoms with Gasteiger partial charge in [-0.15, -0.1) is 0 Å². The summed E-state index contributed by atoms with van der Waals surface area (Å²) in [5, 5.41) is 2.77. The molecule has 1 heterocycles. The number of anilines is 1. The number of hydrogen-bond donors (Lipinski definition) is 1. The lowest BCUT2D eigenvalue weighted by atomic mass is 10.0. The summed E-state index contributed by atoms with van der Waals surface area (Å²) in [6, 6.07) is 7.13. The van der Waals surface area contributed by atoms with Crippen LogP contribution < -0.4 is 10.2 Å². The highest BCUT2D eigenvalue weighted by atomic mass is 16.5. The third-order valence-electron chi connectivity index (χ3n) is 3.49. The van der Waals surface area contributed by atoms with Crippen LogP contribution in [0.4, 0.5) is 5.69 Å². The number of nitrogens with one attached hydrogen (secondary N) is 1. The van der Waals surface area contributed by atoms with E-state index in [0.717, 1.165) is 0 Å². The van der Waals surface area contributed by atoms with E-state index < -0.39 is 5.54 Å². The molecule has 0 radical (unpaired) electrons. The summed E-state index contributed by atoms with van der Waals surface area (Å²) in [5.41, 5.74) is 0.197. The first-order valence-electron chi connectivity index (χ1n) is 6.63. The van der Waals surface area contributed by atoms with Gasteiger partial charge in [-0.2, -0.15) is 0 Å². The topological polar surface area (TPSA) is 58.6 Å². The van der Waals surface area contributed by atoms with Crippen LogP contribution in [-0.2, 0) is 9.53 Å². The first-order chi connectivity index (χ1) is 9.36. The van der Waals surface area contributed by atoms with Crippen LogP contribution in [-0.4, -0.2) is 37.1 Å². The predicted molar refractivity (Wildman–Crippen MR) is 76.8 cm³/mol. The van der Waals surface area contributed by atoms with Crippen molar-refractivity contribution in [2.24, 2.45) is 0 Å². The van der Waals surface area contributed by atoms with Crippen molar-refractivity contribution in [2.45, 2.75) is 32.4 Å². The van der Waals surface area contributed by atoms with Gasteiger partial charge >= 0.3 is 0 Å². The Morgan fingerprint density at radius 1 is 1.30 bits per heavy atom. The number of fused-ring (bicyclic) bond motifs is 1. The van der Waals surface area contributed by atoms with E-state index in [1.165, 1.54) is 0 Å². The van der Waals surface area contributed by atoms with Gasteiger partial charge in [0.1, 0.15) is 5.54 Å². The smallest absolute Gasteiger partial charge is 0.254 e. The fraction of sp³-hybridized carbons (Fsp3) is 0.467. The van der Waals surface area contributed by atoms with Crippen molar-refractivity contribution in [1.82, 2.24) is 5.32 Å². The van der Waals surface area contributed by atoms with E-state index in [2.05, 4.69) is 5.32 Å². The summed E-state index contributed by atoms with van der Waals surface area (Å²) in [7, 11) is 1.60. The van der Waals surface area contributed by atoms with Crippen LogP contribution in [0.25, 0.3) is 0 Å². The van der Waals surface area contributed by atoms with Gasteiger partial charge in [0, 0.05) is 7.11 Å². The van der Waals surface area contributed by atoms with Gasteiger partial charge in [0.2, 0.25) is 0 Å². The van der Waals surface area contributed by atoms with Crippen molar-refractivity contribution >= 4 is 17.5 Å². The van der Waals surface area contributed by atoms with E-state index in [9.17, 15) is 9.59 Å². The number of methoxy groups -OCH3 is 1. The molecule has 0 bridgehead atoms. The number of carbonyl (C=O) groups excluding carboxylic acids is 2. The Bertz CT molecular complexity index is 540. The number of nitrogens with zero attached hydrogens (tertiary/aromatic N) is 1. The first-order valence-corrected chi connectivity index (χ1v) is 6.63. The Hall–Kier alpha value is -1.88. The van der Waals surface area contributed by atoms with Crippen molar-refractivity contribution < 1.29 is 14.3 Å². The summed E-state index contributed by atoms with van der Waals surface area (Å²) < 4.78 is 5.25. The van der Waals surface area contributed by atoms with Gasteiger partial charge in [-0.25, -0.2) is 0 Å². The lowest BCUT2D eigenvalue weighted by Crippen LogP contribution is -2.55. The van der Waals surface area contributed by atoms with Crippen molar-refractivity contribution in [3.8, 4) is 0 Å². The Labute approximate surface area is 118 Å². The molecule has 0 aromatic heterocycles. The fourth-order valence-electron chi connectivity index (χ4n) is 2.27. The van der Waals surface area contributed by atoms with Crippen LogP contribution in [0.15, 0.2) is 24.3 Å². The van der Waals surface area contributed by atoms with Crippen LogP contribution in [0.5, 0.6) is 0 Å². The number of rotatable bonds is 3. The highest BCUT2D eigenvalue weighted by Crippen LogP contribution is 2.27. The number of hydrogen-bond acceptors (Lipinski definition) is 3. The lowest BCUT2D eigenvalue weighted by molar-refractivity contribution is -0.123. The van der Waals surface area contributed by atoms with Crippen molar-refractivity contribution in [3.05, 3.63) is 29.8 Å². The quantitative estimate of drug-likeness (QED) is 0.911. The molecular formula is C15H20N2O3. The molecule has 1 atom stereocenters. The van der Waals surface area contributed by atoms with Gasteiger partial charge in [-0.3, -0.25) is 9.59 Å². The molecule has 1 aliphatic rings. The Kier molecular flexibility index (Phi) is 3.81. The first kappa shape index (κ1) is 14.5. The average Bonchev–Trinajstić information content (AvgIpc) is 2.48. The second-order valence-electron chi connectivity index (χ2n) is 5.56. The number of amides is 2. The van der Waals surface area contributed by atoms with E-state index in [0.29, 0.717) is 17.8 Å². The summed E-state index contributed by atoms with van der Waals surface area (Å²) in [6.45, 7) is 5.72. The molecule has 20 heavy (non-hydrogen) atoms. The molecule has 0 spiro atoms. The molecule has 0 fully saturated rings. The van der Waals surface area contributed by atoms with E-state index >= 15 is 0 Å². The van der Waals surface area contributed by atoms with Gasteiger partial charge in [0.15, 0.2) is 0 Å². The molecule has 2 amide bonds. The largest absolute Gasteiger partial charge is 0.380 e. The van der Waals surface area contributed by atoms with Crippen LogP contribution in [0.2, 0.25) is 0 Å². The van der Waals surface area contributed by atoms with Crippen LogP contribution in [0, 0.1) is 0 Å². The number of benzene rings is 1. The molecule has 5 nitrogen and oxygen atoms in total. The fourth-order valence-corrected chi connectivity index (χ4v) is 2.27. The minimum Gasteiger partial charge on any atom is -0.380 e. The Balaban J connectivity index is 2.51. The maximum absolute atomic E-state index is 12.7. The average molecular weight is 276 g/mol. The third kappa shape index (κ3) is 2.54. The highest BCUT2D eigenvalue weighted by molar-refractivity contribution is 6.12. The monoisotopic (exact) mass is 276 g/mol. The number of para-hydroxylation sites is 1. The molecule has 0 saturated carbocycles. The van der Waals surface area contributed by atoms with Gasteiger partial charge in [0.25, 0.3) is 11.8 Å². The molecule has 0 saturated heterocycles. The highest BCUT2D eigenvalue weighted by Gasteiger charge is 2.39. The standard InChI is InChI=1S/C15H20N2O3/c1-10(20-4)9-17-12-8-6-5-7-11(12)13(18)16-15(2,3)14(17)19/h5-8,10H,9H2,1-4H3,(H,16,18). The molecule has 1 N–H and O–H groups in total. The molecule has 1 aromatic carbocycles. The van der Waals surface area contributed by atoms with Crippen molar-refractivity contribution in [1.29, 1.82) is 0 Å². The maximum Gasteiger partial charge on any atom is 0.254 e. The van der Waals surface area contributed by atoms with E-state index in [-0.39, 0.29) is 17.9 Å². The zero-order valence-electron chi connectivity index (χ0n) is 12.3. The van der Waals surface area contributed by atoms with Crippen LogP contribution in [0.1, 0.15) is 31.1 Å². The van der Waals surface area contributed by atoms with Gasteiger partial charge < -0.3 is 15.0 Å². The number of carbonyl (C=O) groups is 2. The molecule has 1 unspecified atom stereocenters. The van der Waals surface area contributed by atoms with Crippen molar-refractivity contribution in [2.75, 3.05) is 18.6 Å². The zero-order valence-corrected chi connectivity index (χ0v) is 12.3. The van der Waals surface area contributed by atoms with E-state index in [1.54, 1.807) is 44.1 Å². The van der Waals surface area contributed by atoms with Gasteiger partial charge in [-0.05, 0) is 32.9 Å². The zero-order chi connectivity index (χ0) is 14.9. The SMILES string of the molecule is COC(C)CN1C(=O)C(C)(C)NC(=O)c2ccccc21. The molecule has 0 aliphatic carbocycles. The van der Waals surface area contributed by atoms with Gasteiger partial charge in [0.05, 0.1) is 23.9 Å². The predicted octanol–water partition coefficient (Wildman–Crippen LogP) is 1.58. The summed E-state index contributed by atoms with van der Waals surface area (Å²) >= 11 is 0. The summed E-state index contributed by atoms with van der Waals surface area (Å²) in [4.78, 5) is 26.6. The molecule has 5 heteroatoms. The Morgan fingerprint density at radius 3 is 2.60 bits per heavy atom. The molecule has 2 rings (SSSR count). The number of ether oxygens (including phenoxy) is 1.